The first-order chi connectivity index (χ1) is 16.5. The van der Waals surface area contributed by atoms with Gasteiger partial charge in [0.25, 0.3) is 0 Å². The smallest absolute Gasteiger partial charge is 0.208 e. The molecule has 0 spiro atoms. The van der Waals surface area contributed by atoms with E-state index in [4.69, 9.17) is 5.73 Å². The summed E-state index contributed by atoms with van der Waals surface area (Å²) in [5.41, 5.74) is 9.27. The molecule has 0 bridgehead atoms. The Bertz CT molecular complexity index is 1270. The van der Waals surface area contributed by atoms with Gasteiger partial charge in [0.15, 0.2) is 0 Å². The van der Waals surface area contributed by atoms with Crippen molar-refractivity contribution in [2.45, 2.75) is 17.9 Å². The fraction of sp³-hybridized carbons (Fsp3) is 0.217. The number of sulfonamides is 1. The molecule has 0 aliphatic rings. The summed E-state index contributed by atoms with van der Waals surface area (Å²) < 4.78 is 48.4. The van der Waals surface area contributed by atoms with E-state index in [-0.39, 0.29) is 12.6 Å². The predicted molar refractivity (Wildman–Crippen MR) is 144 cm³/mol. The Morgan fingerprint density at radius 3 is 2.49 bits per heavy atom. The van der Waals surface area contributed by atoms with Crippen LogP contribution < -0.4 is 20.5 Å². The Balaban J connectivity index is 1.65. The Morgan fingerprint density at radius 1 is 1.06 bits per heavy atom. The van der Waals surface area contributed by atoms with E-state index < -0.39 is 20.8 Å². The van der Waals surface area contributed by atoms with Crippen LogP contribution in [0.4, 0.5) is 17.1 Å². The van der Waals surface area contributed by atoms with Gasteiger partial charge in [-0.2, -0.15) is 0 Å². The van der Waals surface area contributed by atoms with Gasteiger partial charge in [0, 0.05) is 37.1 Å². The maximum absolute atomic E-state index is 11.1. The van der Waals surface area contributed by atoms with Crippen LogP contribution in [0.1, 0.15) is 6.92 Å². The number of anilines is 2. The van der Waals surface area contributed by atoms with E-state index in [2.05, 4.69) is 24.7 Å². The van der Waals surface area contributed by atoms with Gasteiger partial charge in [0.1, 0.15) is 0 Å². The predicted octanol–water partition coefficient (Wildman–Crippen LogP) is 3.70. The molecule has 188 valence electrons. The standard InChI is InChI=1S/C23H30N6O4S2/c1-17(26-10-11-28-34(2,30)31)14-27-23-9-8-18(13-22(23)24)19-12-20(16-25-15-19)29-35(32,33)21-6-4-3-5-7-21/h3-9,12-17,26,28-29,32-33H,10-11,24H2,1-2H3. The number of aromatic nitrogens is 1. The lowest BCUT2D eigenvalue weighted by molar-refractivity contribution is 0.494. The molecule has 1 aromatic heterocycles. The van der Waals surface area contributed by atoms with Gasteiger partial charge < -0.3 is 11.1 Å². The second-order valence-corrected chi connectivity index (χ2v) is 11.5. The first kappa shape index (κ1) is 26.6. The fourth-order valence-electron chi connectivity index (χ4n) is 3.12. The molecule has 1 unspecified atom stereocenters. The number of pyridine rings is 1. The first-order valence-electron chi connectivity index (χ1n) is 10.7. The topological polar surface area (TPSA) is 162 Å². The summed E-state index contributed by atoms with van der Waals surface area (Å²) in [7, 11) is -6.44. The second kappa shape index (κ2) is 11.6. The van der Waals surface area contributed by atoms with Gasteiger partial charge in [0.2, 0.25) is 10.0 Å². The molecule has 0 aliphatic heterocycles. The number of nitrogens with zero attached hydrogens (tertiary/aromatic N) is 2. The van der Waals surface area contributed by atoms with Crippen molar-refractivity contribution >= 4 is 44.1 Å². The van der Waals surface area contributed by atoms with Crippen LogP contribution in [0, 0.1) is 0 Å². The highest BCUT2D eigenvalue weighted by molar-refractivity contribution is 8.25. The number of benzene rings is 2. The van der Waals surface area contributed by atoms with Crippen molar-refractivity contribution in [1.29, 1.82) is 0 Å². The average Bonchev–Trinajstić information content (AvgIpc) is 2.81. The molecule has 0 saturated carbocycles. The number of hydrogen-bond donors (Lipinski definition) is 6. The van der Waals surface area contributed by atoms with Gasteiger partial charge in [-0.3, -0.25) is 23.8 Å². The highest BCUT2D eigenvalue weighted by Gasteiger charge is 2.15. The normalized spacial score (nSPS) is 13.6. The lowest BCUT2D eigenvalue weighted by Gasteiger charge is -2.33. The van der Waals surface area contributed by atoms with Crippen molar-refractivity contribution in [2.24, 2.45) is 4.99 Å². The van der Waals surface area contributed by atoms with Gasteiger partial charge in [-0.15, -0.1) is 0 Å². The third-order valence-corrected chi connectivity index (χ3v) is 7.00. The number of hydrogen-bond acceptors (Lipinski definition) is 9. The zero-order valence-corrected chi connectivity index (χ0v) is 21.1. The molecule has 0 amide bonds. The van der Waals surface area contributed by atoms with E-state index in [0.717, 1.165) is 17.4 Å². The number of aliphatic imine (C=N–C) groups is 1. The summed E-state index contributed by atoms with van der Waals surface area (Å²) in [5, 5.41) is 3.15. The van der Waals surface area contributed by atoms with Crippen LogP contribution in [0.3, 0.4) is 0 Å². The van der Waals surface area contributed by atoms with Crippen molar-refractivity contribution in [1.82, 2.24) is 15.0 Å². The fourth-order valence-corrected chi connectivity index (χ4v) is 4.69. The molecule has 3 rings (SSSR count). The molecular weight excluding hydrogens is 488 g/mol. The third kappa shape index (κ3) is 8.31. The van der Waals surface area contributed by atoms with E-state index in [0.29, 0.717) is 28.5 Å². The highest BCUT2D eigenvalue weighted by atomic mass is 32.3. The van der Waals surface area contributed by atoms with Crippen LogP contribution >= 0.6 is 10.8 Å². The maximum atomic E-state index is 11.1. The minimum absolute atomic E-state index is 0.0910. The summed E-state index contributed by atoms with van der Waals surface area (Å²) in [5.74, 6) is 0. The molecule has 7 N–H and O–H groups in total. The highest BCUT2D eigenvalue weighted by Crippen LogP contribution is 2.47. The Morgan fingerprint density at radius 2 is 1.80 bits per heavy atom. The first-order valence-corrected chi connectivity index (χ1v) is 14.2. The molecule has 2 aromatic carbocycles. The monoisotopic (exact) mass is 518 g/mol. The van der Waals surface area contributed by atoms with E-state index in [1.165, 1.54) is 6.20 Å². The largest absolute Gasteiger partial charge is 0.397 e. The van der Waals surface area contributed by atoms with Crippen molar-refractivity contribution in [3.63, 3.8) is 0 Å². The molecule has 0 saturated heterocycles. The number of rotatable bonds is 11. The van der Waals surface area contributed by atoms with Gasteiger partial charge >= 0.3 is 0 Å². The molecule has 0 radical (unpaired) electrons. The van der Waals surface area contributed by atoms with Crippen molar-refractivity contribution in [3.05, 3.63) is 67.0 Å². The Kier molecular flexibility index (Phi) is 8.83. The van der Waals surface area contributed by atoms with E-state index >= 15 is 0 Å². The molecule has 0 fully saturated rings. The summed E-state index contributed by atoms with van der Waals surface area (Å²) in [6.07, 6.45) is 5.99. The summed E-state index contributed by atoms with van der Waals surface area (Å²) >= 11 is 0. The molecule has 1 atom stereocenters. The summed E-state index contributed by atoms with van der Waals surface area (Å²) in [4.78, 5) is 9.02. The SMILES string of the molecule is CC(C=Nc1ccc(-c2cncc(NS(O)(O)c3ccccc3)c2)cc1N)NCCNS(C)(=O)=O. The van der Waals surface area contributed by atoms with Crippen LogP contribution in [-0.2, 0) is 10.0 Å². The number of nitrogens with two attached hydrogens (primary N) is 1. The zero-order valence-electron chi connectivity index (χ0n) is 19.4. The lowest BCUT2D eigenvalue weighted by Crippen LogP contribution is -2.35. The summed E-state index contributed by atoms with van der Waals surface area (Å²) in [6, 6.07) is 15.6. The number of nitrogen functional groups attached to an aromatic ring is 1. The molecule has 1 heterocycles. The molecular formula is C23H30N6O4S2. The summed E-state index contributed by atoms with van der Waals surface area (Å²) in [6.45, 7) is 2.65. The van der Waals surface area contributed by atoms with Crippen molar-refractivity contribution in [3.8, 4) is 11.1 Å². The maximum Gasteiger partial charge on any atom is 0.208 e. The molecule has 10 nitrogen and oxygen atoms in total. The van der Waals surface area contributed by atoms with Gasteiger partial charge in [-0.25, -0.2) is 13.1 Å². The average molecular weight is 519 g/mol. The van der Waals surface area contributed by atoms with E-state index in [9.17, 15) is 17.5 Å². The molecule has 35 heavy (non-hydrogen) atoms. The van der Waals surface area contributed by atoms with E-state index in [1.807, 2.05) is 13.0 Å². The molecule has 12 heteroatoms. The Labute approximate surface area is 207 Å². The number of nitrogens with one attached hydrogen (secondary N) is 3. The van der Waals surface area contributed by atoms with Crippen LogP contribution in [0.15, 0.2) is 76.9 Å². The molecule has 3 aromatic rings. The van der Waals surface area contributed by atoms with Crippen LogP contribution in [-0.4, -0.2) is 54.1 Å². The van der Waals surface area contributed by atoms with Crippen LogP contribution in [0.5, 0.6) is 0 Å². The third-order valence-electron chi connectivity index (χ3n) is 4.82. The Hall–Kier alpha value is -3.00. The lowest BCUT2D eigenvalue weighted by atomic mass is 10.1. The van der Waals surface area contributed by atoms with Crippen molar-refractivity contribution < 1.29 is 17.5 Å². The van der Waals surface area contributed by atoms with Gasteiger partial charge in [-0.1, -0.05) is 35.0 Å². The van der Waals surface area contributed by atoms with Gasteiger partial charge in [-0.05, 0) is 42.8 Å². The quantitative estimate of drug-likeness (QED) is 0.127. The van der Waals surface area contributed by atoms with Crippen molar-refractivity contribution in [2.75, 3.05) is 29.8 Å². The second-order valence-electron chi connectivity index (χ2n) is 7.89. The van der Waals surface area contributed by atoms with E-state index in [1.54, 1.807) is 60.9 Å². The molecule has 0 aliphatic carbocycles. The zero-order chi connectivity index (χ0) is 25.5. The minimum atomic E-state index is -3.23. The van der Waals surface area contributed by atoms with Gasteiger partial charge in [0.05, 0.1) is 34.4 Å². The van der Waals surface area contributed by atoms with Crippen LogP contribution in [0.25, 0.3) is 11.1 Å². The van der Waals surface area contributed by atoms with Crippen LogP contribution in [0.2, 0.25) is 0 Å². The minimum Gasteiger partial charge on any atom is -0.397 e.